The highest BCUT2D eigenvalue weighted by atomic mass is 32.1. The Balaban J connectivity index is 1.98. The van der Waals surface area contributed by atoms with Crippen LogP contribution >= 0.6 is 12.2 Å². The zero-order valence-electron chi connectivity index (χ0n) is 8.45. The molecule has 1 aromatic heterocycles. The molecule has 1 aliphatic carbocycles. The van der Waals surface area contributed by atoms with Gasteiger partial charge in [0, 0.05) is 5.92 Å². The van der Waals surface area contributed by atoms with E-state index in [9.17, 15) is 0 Å². The molecular formula is C10H16N2OS. The molecule has 1 N–H and O–H groups in total. The maximum absolute atomic E-state index is 5.34. The predicted molar refractivity (Wildman–Crippen MR) is 56.7 cm³/mol. The van der Waals surface area contributed by atoms with Gasteiger partial charge in [0.15, 0.2) is 0 Å². The maximum Gasteiger partial charge on any atom is 0.284 e. The van der Waals surface area contributed by atoms with E-state index in [2.05, 4.69) is 17.1 Å². The van der Waals surface area contributed by atoms with Gasteiger partial charge in [0.1, 0.15) is 0 Å². The lowest BCUT2D eigenvalue weighted by Crippen LogP contribution is -2.12. The third-order valence-corrected chi connectivity index (χ3v) is 3.40. The Morgan fingerprint density at radius 3 is 2.64 bits per heavy atom. The van der Waals surface area contributed by atoms with Crippen molar-refractivity contribution in [2.24, 2.45) is 5.92 Å². The van der Waals surface area contributed by atoms with Gasteiger partial charge in [-0.05, 0) is 43.8 Å². The molecule has 0 amide bonds. The van der Waals surface area contributed by atoms with Gasteiger partial charge in [0.25, 0.3) is 4.84 Å². The van der Waals surface area contributed by atoms with Gasteiger partial charge in [-0.25, -0.2) is 5.10 Å². The van der Waals surface area contributed by atoms with Crippen LogP contribution in [0.15, 0.2) is 4.42 Å². The maximum atomic E-state index is 5.34. The van der Waals surface area contributed by atoms with Crippen molar-refractivity contribution >= 4 is 12.2 Å². The second-order valence-electron chi connectivity index (χ2n) is 4.08. The van der Waals surface area contributed by atoms with Crippen molar-refractivity contribution in [3.63, 3.8) is 0 Å². The molecule has 4 heteroatoms. The van der Waals surface area contributed by atoms with Gasteiger partial charge in [-0.15, -0.1) is 5.10 Å². The van der Waals surface area contributed by atoms with Crippen LogP contribution in [-0.2, 0) is 0 Å². The average Bonchev–Trinajstić information content (AvgIpc) is 2.65. The van der Waals surface area contributed by atoms with Crippen molar-refractivity contribution in [1.29, 1.82) is 0 Å². The van der Waals surface area contributed by atoms with Gasteiger partial charge in [0.2, 0.25) is 5.89 Å². The van der Waals surface area contributed by atoms with E-state index < -0.39 is 0 Å². The number of H-pyrrole nitrogens is 1. The van der Waals surface area contributed by atoms with E-state index in [1.54, 1.807) is 0 Å². The molecule has 0 saturated heterocycles. The first-order chi connectivity index (χ1) is 6.79. The number of hydrogen-bond acceptors (Lipinski definition) is 3. The van der Waals surface area contributed by atoms with Gasteiger partial charge in [-0.3, -0.25) is 0 Å². The van der Waals surface area contributed by atoms with E-state index in [1.165, 1.54) is 32.1 Å². The first kappa shape index (κ1) is 9.90. The number of aromatic amines is 1. The lowest BCUT2D eigenvalue weighted by molar-refractivity contribution is 0.286. The van der Waals surface area contributed by atoms with Gasteiger partial charge in [0.05, 0.1) is 0 Å². The third kappa shape index (κ3) is 2.05. The van der Waals surface area contributed by atoms with Crippen molar-refractivity contribution in [1.82, 2.24) is 10.2 Å². The van der Waals surface area contributed by atoms with Gasteiger partial charge >= 0.3 is 0 Å². The number of nitrogens with one attached hydrogen (secondary N) is 1. The Kier molecular flexibility index (Phi) is 3.01. The van der Waals surface area contributed by atoms with Crippen LogP contribution in [0.2, 0.25) is 0 Å². The molecule has 2 rings (SSSR count). The summed E-state index contributed by atoms with van der Waals surface area (Å²) in [6.45, 7) is 2.27. The molecule has 0 unspecified atom stereocenters. The molecule has 3 nitrogen and oxygen atoms in total. The molecule has 14 heavy (non-hydrogen) atoms. The largest absolute Gasteiger partial charge is 0.414 e. The Hall–Kier alpha value is -0.640. The van der Waals surface area contributed by atoms with Crippen LogP contribution in [-0.4, -0.2) is 10.2 Å². The normalized spacial score (nSPS) is 27.8. The lowest BCUT2D eigenvalue weighted by Gasteiger charge is -2.25. The van der Waals surface area contributed by atoms with Gasteiger partial charge < -0.3 is 4.42 Å². The molecule has 1 aliphatic rings. The van der Waals surface area contributed by atoms with Crippen LogP contribution in [0.3, 0.4) is 0 Å². The highest BCUT2D eigenvalue weighted by Crippen LogP contribution is 2.35. The molecular weight excluding hydrogens is 196 g/mol. The Morgan fingerprint density at radius 2 is 2.14 bits per heavy atom. The molecule has 0 bridgehead atoms. The summed E-state index contributed by atoms with van der Waals surface area (Å²) in [5.74, 6) is 2.21. The van der Waals surface area contributed by atoms with Crippen LogP contribution < -0.4 is 0 Å². The van der Waals surface area contributed by atoms with Crippen LogP contribution in [0.5, 0.6) is 0 Å². The van der Waals surface area contributed by atoms with E-state index in [1.807, 2.05) is 0 Å². The topological polar surface area (TPSA) is 41.8 Å². The van der Waals surface area contributed by atoms with Crippen molar-refractivity contribution in [2.45, 2.75) is 44.9 Å². The van der Waals surface area contributed by atoms with Crippen LogP contribution in [0.4, 0.5) is 0 Å². The van der Waals surface area contributed by atoms with Crippen LogP contribution in [0, 0.1) is 10.8 Å². The summed E-state index contributed by atoms with van der Waals surface area (Å²) in [5, 5.41) is 6.78. The highest BCUT2D eigenvalue weighted by molar-refractivity contribution is 7.71. The fourth-order valence-electron chi connectivity index (χ4n) is 2.23. The minimum absolute atomic E-state index is 0.401. The molecule has 0 aromatic carbocycles. The molecule has 0 spiro atoms. The first-order valence-corrected chi connectivity index (χ1v) is 5.75. The summed E-state index contributed by atoms with van der Waals surface area (Å²) >= 11 is 4.86. The number of rotatable bonds is 2. The third-order valence-electron chi connectivity index (χ3n) is 3.23. The van der Waals surface area contributed by atoms with Crippen molar-refractivity contribution in [3.05, 3.63) is 10.7 Å². The summed E-state index contributed by atoms with van der Waals surface area (Å²) in [6, 6.07) is 0. The van der Waals surface area contributed by atoms with Crippen molar-refractivity contribution in [2.75, 3.05) is 0 Å². The summed E-state index contributed by atoms with van der Waals surface area (Å²) in [6.07, 6.45) is 6.30. The zero-order chi connectivity index (χ0) is 9.97. The highest BCUT2D eigenvalue weighted by Gasteiger charge is 2.24. The molecule has 1 fully saturated rings. The van der Waals surface area contributed by atoms with Crippen molar-refractivity contribution < 1.29 is 4.42 Å². The number of hydrogen-bond donors (Lipinski definition) is 1. The Labute approximate surface area is 88.9 Å². The van der Waals surface area contributed by atoms with E-state index in [4.69, 9.17) is 16.6 Å². The molecule has 1 heterocycles. The fourth-order valence-corrected chi connectivity index (χ4v) is 2.36. The first-order valence-electron chi connectivity index (χ1n) is 5.35. The number of nitrogens with zero attached hydrogens (tertiary/aromatic N) is 1. The Morgan fingerprint density at radius 1 is 1.43 bits per heavy atom. The van der Waals surface area contributed by atoms with Crippen LogP contribution in [0.25, 0.3) is 0 Å². The van der Waals surface area contributed by atoms with E-state index in [0.29, 0.717) is 10.8 Å². The predicted octanol–water partition coefficient (Wildman–Crippen LogP) is 3.42. The summed E-state index contributed by atoms with van der Waals surface area (Å²) in [4.78, 5) is 0.401. The number of aromatic nitrogens is 2. The summed E-state index contributed by atoms with van der Waals surface area (Å²) < 4.78 is 5.34. The van der Waals surface area contributed by atoms with Crippen LogP contribution in [0.1, 0.15) is 50.8 Å². The average molecular weight is 212 g/mol. The molecule has 1 saturated carbocycles. The van der Waals surface area contributed by atoms with E-state index in [0.717, 1.165) is 11.8 Å². The van der Waals surface area contributed by atoms with Crippen molar-refractivity contribution in [3.8, 4) is 0 Å². The molecule has 1 aromatic rings. The molecule has 0 atom stereocenters. The summed E-state index contributed by atoms with van der Waals surface area (Å²) in [5.41, 5.74) is 0. The van der Waals surface area contributed by atoms with E-state index in [-0.39, 0.29) is 0 Å². The van der Waals surface area contributed by atoms with Gasteiger partial charge in [-0.2, -0.15) is 0 Å². The van der Waals surface area contributed by atoms with E-state index >= 15 is 0 Å². The minimum Gasteiger partial charge on any atom is -0.414 e. The lowest BCUT2D eigenvalue weighted by atomic mass is 9.81. The standard InChI is InChI=1S/C10H16N2OS/c1-2-7-3-5-8(6-4-7)9-11-12-10(14)13-9/h7-8H,2-6H2,1H3,(H,12,14). The molecule has 0 aliphatic heterocycles. The smallest absolute Gasteiger partial charge is 0.284 e. The second-order valence-corrected chi connectivity index (χ2v) is 4.45. The fraction of sp³-hybridized carbons (Fsp3) is 0.800. The SMILES string of the molecule is CCC1CCC(c2n[nH]c(=S)o2)CC1. The minimum atomic E-state index is 0.401. The monoisotopic (exact) mass is 212 g/mol. The molecule has 78 valence electrons. The molecule has 0 radical (unpaired) electrons. The quantitative estimate of drug-likeness (QED) is 0.764. The zero-order valence-corrected chi connectivity index (χ0v) is 9.27. The summed E-state index contributed by atoms with van der Waals surface area (Å²) in [7, 11) is 0. The second kappa shape index (κ2) is 4.26. The van der Waals surface area contributed by atoms with Gasteiger partial charge in [-0.1, -0.05) is 13.3 Å². The Bertz CT molecular complexity index is 336.